The zero-order chi connectivity index (χ0) is 17.4. The van der Waals surface area contributed by atoms with E-state index in [1.54, 1.807) is 36.1 Å². The van der Waals surface area contributed by atoms with Crippen molar-refractivity contribution in [3.63, 3.8) is 0 Å². The topological polar surface area (TPSA) is 71.9 Å². The highest BCUT2D eigenvalue weighted by Crippen LogP contribution is 2.12. The molecular formula is C18H28N3O3+. The first kappa shape index (κ1) is 18.3. The number of ether oxygens (including phenoxy) is 1. The number of carbonyl (C=O) groups is 2. The fourth-order valence-corrected chi connectivity index (χ4v) is 3.07. The smallest absolute Gasteiger partial charge is 0.411 e. The van der Waals surface area contributed by atoms with Gasteiger partial charge in [-0.15, -0.1) is 0 Å². The van der Waals surface area contributed by atoms with Crippen LogP contribution in [0.5, 0.6) is 0 Å². The summed E-state index contributed by atoms with van der Waals surface area (Å²) in [6.07, 6.45) is 2.72. The number of nitrogens with one attached hydrogen (secondary N) is 3. The molecule has 2 rings (SSSR count). The quantitative estimate of drug-likeness (QED) is 0.737. The molecule has 0 radical (unpaired) electrons. The summed E-state index contributed by atoms with van der Waals surface area (Å²) in [4.78, 5) is 25.5. The molecule has 132 valence electrons. The molecule has 1 aliphatic rings. The minimum atomic E-state index is -0.513. The average Bonchev–Trinajstić information content (AvgIpc) is 2.57. The van der Waals surface area contributed by atoms with Gasteiger partial charge in [0.15, 0.2) is 0 Å². The van der Waals surface area contributed by atoms with E-state index in [2.05, 4.69) is 17.6 Å². The van der Waals surface area contributed by atoms with Gasteiger partial charge in [-0.3, -0.25) is 10.1 Å². The predicted molar refractivity (Wildman–Crippen MR) is 93.4 cm³/mol. The fourth-order valence-electron chi connectivity index (χ4n) is 3.07. The summed E-state index contributed by atoms with van der Waals surface area (Å²) >= 11 is 0. The molecule has 1 fully saturated rings. The van der Waals surface area contributed by atoms with Crippen LogP contribution in [0.2, 0.25) is 0 Å². The largest absolute Gasteiger partial charge is 0.450 e. The molecule has 0 aliphatic carbocycles. The Morgan fingerprint density at radius 2 is 2.00 bits per heavy atom. The lowest BCUT2D eigenvalue weighted by molar-refractivity contribution is -0.905. The molecule has 2 amide bonds. The van der Waals surface area contributed by atoms with E-state index < -0.39 is 6.09 Å². The Hall–Kier alpha value is -2.08. The molecular weight excluding hydrogens is 306 g/mol. The second-order valence-corrected chi connectivity index (χ2v) is 6.17. The van der Waals surface area contributed by atoms with Crippen LogP contribution in [0.1, 0.15) is 43.5 Å². The van der Waals surface area contributed by atoms with Gasteiger partial charge < -0.3 is 15.0 Å². The number of likely N-dealkylation sites (tertiary alicyclic amines) is 1. The van der Waals surface area contributed by atoms with Crippen LogP contribution in [0, 0.1) is 0 Å². The first-order chi connectivity index (χ1) is 11.6. The van der Waals surface area contributed by atoms with Crippen LogP contribution in [0.4, 0.5) is 10.5 Å². The molecule has 0 aromatic heterocycles. The van der Waals surface area contributed by atoms with Crippen LogP contribution in [0.25, 0.3) is 0 Å². The van der Waals surface area contributed by atoms with Crippen molar-refractivity contribution in [1.82, 2.24) is 5.32 Å². The number of anilines is 1. The number of hydrogen-bond donors (Lipinski definition) is 3. The molecule has 6 nitrogen and oxygen atoms in total. The van der Waals surface area contributed by atoms with Crippen LogP contribution in [-0.4, -0.2) is 44.3 Å². The van der Waals surface area contributed by atoms with Gasteiger partial charge >= 0.3 is 6.09 Å². The maximum Gasteiger partial charge on any atom is 0.411 e. The lowest BCUT2D eigenvalue weighted by Gasteiger charge is -2.29. The normalized spacial score (nSPS) is 20.2. The summed E-state index contributed by atoms with van der Waals surface area (Å²) in [7, 11) is 0. The first-order valence-corrected chi connectivity index (χ1v) is 8.80. The number of rotatable bonds is 6. The summed E-state index contributed by atoms with van der Waals surface area (Å²) in [6, 6.07) is 7.15. The Balaban J connectivity index is 1.87. The van der Waals surface area contributed by atoms with Crippen molar-refractivity contribution >= 4 is 17.7 Å². The molecule has 3 N–H and O–H groups in total. The summed E-state index contributed by atoms with van der Waals surface area (Å²) in [5.74, 6) is -0.0912. The van der Waals surface area contributed by atoms with Crippen molar-refractivity contribution in [2.75, 3.05) is 31.6 Å². The lowest BCUT2D eigenvalue weighted by atomic mass is 10.0. The minimum absolute atomic E-state index is 0.0912. The second kappa shape index (κ2) is 9.27. The van der Waals surface area contributed by atoms with Gasteiger partial charge in [-0.05, 0) is 31.5 Å². The van der Waals surface area contributed by atoms with E-state index in [1.807, 2.05) is 0 Å². The Labute approximate surface area is 143 Å². The number of carbonyl (C=O) groups excluding carboxylic acids is 2. The third-order valence-corrected chi connectivity index (χ3v) is 4.28. The Kier molecular flexibility index (Phi) is 7.06. The number of amides is 2. The molecule has 0 saturated carbocycles. The highest BCUT2D eigenvalue weighted by Gasteiger charge is 2.23. The van der Waals surface area contributed by atoms with Gasteiger partial charge in [0.05, 0.1) is 26.2 Å². The minimum Gasteiger partial charge on any atom is -0.450 e. The van der Waals surface area contributed by atoms with E-state index in [9.17, 15) is 9.59 Å². The second-order valence-electron chi connectivity index (χ2n) is 6.17. The van der Waals surface area contributed by atoms with Crippen molar-refractivity contribution < 1.29 is 19.2 Å². The third kappa shape index (κ3) is 5.53. The van der Waals surface area contributed by atoms with E-state index in [0.29, 0.717) is 17.9 Å². The standard InChI is InChI=1S/C18H27N3O3/c1-3-10-21-11-8-15(9-12-21)19-17(22)14-6-5-7-16(13-14)20-18(23)24-4-2/h5-7,13,15H,3-4,8-12H2,1-2H3,(H,19,22)(H,20,23)/p+1. The van der Waals surface area contributed by atoms with Crippen molar-refractivity contribution in [1.29, 1.82) is 0 Å². The maximum absolute atomic E-state index is 12.4. The van der Waals surface area contributed by atoms with E-state index in [0.717, 1.165) is 25.9 Å². The fraction of sp³-hybridized carbons (Fsp3) is 0.556. The van der Waals surface area contributed by atoms with Crippen molar-refractivity contribution in [3.8, 4) is 0 Å². The van der Waals surface area contributed by atoms with Gasteiger partial charge in [-0.25, -0.2) is 4.79 Å². The summed E-state index contributed by atoms with van der Waals surface area (Å²) in [5.41, 5.74) is 1.11. The molecule has 1 saturated heterocycles. The zero-order valence-corrected chi connectivity index (χ0v) is 14.6. The molecule has 0 atom stereocenters. The van der Waals surface area contributed by atoms with Crippen LogP contribution in [0.15, 0.2) is 24.3 Å². The van der Waals surface area contributed by atoms with Gasteiger partial charge in [0.1, 0.15) is 0 Å². The number of piperidine rings is 1. The number of benzene rings is 1. The van der Waals surface area contributed by atoms with E-state index in [-0.39, 0.29) is 11.9 Å². The van der Waals surface area contributed by atoms with Crippen molar-refractivity contribution in [3.05, 3.63) is 29.8 Å². The summed E-state index contributed by atoms with van der Waals surface area (Å²) in [5, 5.41) is 5.72. The molecule has 0 unspecified atom stereocenters. The van der Waals surface area contributed by atoms with Crippen LogP contribution < -0.4 is 15.5 Å². The number of quaternary nitrogens is 1. The molecule has 24 heavy (non-hydrogen) atoms. The summed E-state index contributed by atoms with van der Waals surface area (Å²) in [6.45, 7) is 7.70. The van der Waals surface area contributed by atoms with Gasteiger partial charge in [-0.1, -0.05) is 13.0 Å². The first-order valence-electron chi connectivity index (χ1n) is 8.80. The van der Waals surface area contributed by atoms with E-state index in [1.165, 1.54) is 13.0 Å². The molecule has 1 heterocycles. The Bertz CT molecular complexity index is 554. The van der Waals surface area contributed by atoms with Crippen LogP contribution in [0.3, 0.4) is 0 Å². The molecule has 6 heteroatoms. The molecule has 1 aromatic carbocycles. The SMILES string of the molecule is CCC[NH+]1CCC(NC(=O)c2cccc(NC(=O)OCC)c2)CC1. The third-order valence-electron chi connectivity index (χ3n) is 4.28. The lowest BCUT2D eigenvalue weighted by Crippen LogP contribution is -3.13. The molecule has 1 aliphatic heterocycles. The average molecular weight is 334 g/mol. The zero-order valence-electron chi connectivity index (χ0n) is 14.6. The maximum atomic E-state index is 12.4. The Morgan fingerprint density at radius 1 is 1.25 bits per heavy atom. The molecule has 1 aromatic rings. The van der Waals surface area contributed by atoms with Gasteiger partial charge in [0, 0.05) is 30.1 Å². The highest BCUT2D eigenvalue weighted by molar-refractivity contribution is 5.96. The van der Waals surface area contributed by atoms with E-state index >= 15 is 0 Å². The highest BCUT2D eigenvalue weighted by atomic mass is 16.5. The Morgan fingerprint density at radius 3 is 2.67 bits per heavy atom. The monoisotopic (exact) mass is 334 g/mol. The van der Waals surface area contributed by atoms with Crippen molar-refractivity contribution in [2.24, 2.45) is 0 Å². The number of hydrogen-bond acceptors (Lipinski definition) is 3. The van der Waals surface area contributed by atoms with Gasteiger partial charge in [0.25, 0.3) is 5.91 Å². The van der Waals surface area contributed by atoms with Gasteiger partial charge in [-0.2, -0.15) is 0 Å². The molecule has 0 spiro atoms. The van der Waals surface area contributed by atoms with Crippen molar-refractivity contribution in [2.45, 2.75) is 39.2 Å². The van der Waals surface area contributed by atoms with Crippen LogP contribution >= 0.6 is 0 Å². The molecule has 0 bridgehead atoms. The predicted octanol–water partition coefficient (Wildman–Crippen LogP) is 1.44. The van der Waals surface area contributed by atoms with E-state index in [4.69, 9.17) is 4.74 Å². The van der Waals surface area contributed by atoms with Crippen LogP contribution in [-0.2, 0) is 4.74 Å². The summed E-state index contributed by atoms with van der Waals surface area (Å²) < 4.78 is 4.84. The van der Waals surface area contributed by atoms with Gasteiger partial charge in [0.2, 0.25) is 0 Å².